The molecule has 0 aliphatic carbocycles. The Bertz CT molecular complexity index is 1070. The fourth-order valence-corrected chi connectivity index (χ4v) is 4.24. The number of para-hydroxylation sites is 3. The molecule has 1 aromatic heterocycles. The van der Waals surface area contributed by atoms with Crippen LogP contribution in [0.5, 0.6) is 5.75 Å². The smallest absolute Gasteiger partial charge is 0.245 e. The van der Waals surface area contributed by atoms with Gasteiger partial charge in [-0.2, -0.15) is 0 Å². The first-order valence-corrected chi connectivity index (χ1v) is 10.6. The van der Waals surface area contributed by atoms with Gasteiger partial charge in [0.15, 0.2) is 0 Å². The number of nitrogens with one attached hydrogen (secondary N) is 2. The second-order valence-electron chi connectivity index (χ2n) is 7.80. The summed E-state index contributed by atoms with van der Waals surface area (Å²) in [5.41, 5.74) is 3.08. The molecule has 1 saturated heterocycles. The van der Waals surface area contributed by atoms with Crippen LogP contribution in [0.15, 0.2) is 54.7 Å². The van der Waals surface area contributed by atoms with Crippen molar-refractivity contribution >= 4 is 28.4 Å². The molecule has 0 bridgehead atoms. The molecule has 7 nitrogen and oxygen atoms in total. The maximum Gasteiger partial charge on any atom is 0.245 e. The van der Waals surface area contributed by atoms with E-state index in [2.05, 4.69) is 15.2 Å². The highest BCUT2D eigenvalue weighted by molar-refractivity contribution is 5.89. The van der Waals surface area contributed by atoms with Crippen LogP contribution in [0, 0.1) is 0 Å². The number of fused-ring (bicyclic) bond motifs is 1. The highest BCUT2D eigenvalue weighted by atomic mass is 16.5. The van der Waals surface area contributed by atoms with Gasteiger partial charge in [0.2, 0.25) is 11.8 Å². The molecular weight excluding hydrogens is 392 g/mol. The minimum atomic E-state index is -0.588. The number of piperazine rings is 1. The maximum atomic E-state index is 13.3. The van der Waals surface area contributed by atoms with Gasteiger partial charge in [0, 0.05) is 56.6 Å². The highest BCUT2D eigenvalue weighted by Gasteiger charge is 2.29. The third-order valence-corrected chi connectivity index (χ3v) is 5.79. The number of ether oxygens (including phenoxy) is 1. The van der Waals surface area contributed by atoms with E-state index >= 15 is 0 Å². The Labute approximate surface area is 182 Å². The third-order valence-electron chi connectivity index (χ3n) is 5.79. The van der Waals surface area contributed by atoms with Crippen LogP contribution in [0.4, 0.5) is 5.69 Å². The SMILES string of the molecule is COc1ccccc1N1CCN(C(=O)C(Cc2c[nH]c3ccccc23)NC(C)=O)CC1. The number of rotatable bonds is 6. The van der Waals surface area contributed by atoms with E-state index in [9.17, 15) is 9.59 Å². The summed E-state index contributed by atoms with van der Waals surface area (Å²) in [4.78, 5) is 32.5. The molecule has 2 N–H and O–H groups in total. The van der Waals surface area contributed by atoms with Crippen LogP contribution in [0.1, 0.15) is 12.5 Å². The first-order chi connectivity index (χ1) is 15.1. The summed E-state index contributed by atoms with van der Waals surface area (Å²) in [6.45, 7) is 4.08. The molecule has 3 aromatic rings. The van der Waals surface area contributed by atoms with Crippen LogP contribution in [0.2, 0.25) is 0 Å². The van der Waals surface area contributed by atoms with Crippen molar-refractivity contribution < 1.29 is 14.3 Å². The Morgan fingerprint density at radius 2 is 1.77 bits per heavy atom. The Hall–Kier alpha value is -3.48. The summed E-state index contributed by atoms with van der Waals surface area (Å²) in [7, 11) is 1.67. The molecule has 4 rings (SSSR count). The second-order valence-corrected chi connectivity index (χ2v) is 7.80. The summed E-state index contributed by atoms with van der Waals surface area (Å²) in [5, 5.41) is 3.94. The van der Waals surface area contributed by atoms with Crippen LogP contribution in [-0.4, -0.2) is 61.0 Å². The fraction of sp³-hybridized carbons (Fsp3) is 0.333. The number of methoxy groups -OCH3 is 1. The van der Waals surface area contributed by atoms with Crippen molar-refractivity contribution in [3.8, 4) is 5.75 Å². The number of carbonyl (C=O) groups is 2. The van der Waals surface area contributed by atoms with Gasteiger partial charge >= 0.3 is 0 Å². The summed E-state index contributed by atoms with van der Waals surface area (Å²) >= 11 is 0. The summed E-state index contributed by atoms with van der Waals surface area (Å²) in [6.07, 6.45) is 2.38. The molecule has 2 aromatic carbocycles. The van der Waals surface area contributed by atoms with Crippen molar-refractivity contribution in [1.82, 2.24) is 15.2 Å². The molecule has 0 radical (unpaired) electrons. The third kappa shape index (κ3) is 4.50. The van der Waals surface area contributed by atoms with Gasteiger partial charge in [0.05, 0.1) is 12.8 Å². The monoisotopic (exact) mass is 420 g/mol. The lowest BCUT2D eigenvalue weighted by atomic mass is 10.0. The maximum absolute atomic E-state index is 13.3. The Balaban J connectivity index is 1.46. The number of aromatic nitrogens is 1. The van der Waals surface area contributed by atoms with Gasteiger partial charge in [0.25, 0.3) is 0 Å². The lowest BCUT2D eigenvalue weighted by molar-refractivity contribution is -0.136. The van der Waals surface area contributed by atoms with Crippen LogP contribution in [0.3, 0.4) is 0 Å². The zero-order valence-corrected chi connectivity index (χ0v) is 17.9. The van der Waals surface area contributed by atoms with Gasteiger partial charge in [-0.05, 0) is 23.8 Å². The molecule has 7 heteroatoms. The van der Waals surface area contributed by atoms with Crippen molar-refractivity contribution in [1.29, 1.82) is 0 Å². The van der Waals surface area contributed by atoms with Crippen LogP contribution < -0.4 is 15.0 Å². The van der Waals surface area contributed by atoms with Gasteiger partial charge < -0.3 is 24.8 Å². The molecular formula is C24H28N4O3. The number of nitrogens with zero attached hydrogens (tertiary/aromatic N) is 2. The topological polar surface area (TPSA) is 77.7 Å². The van der Waals surface area contributed by atoms with Crippen LogP contribution in [-0.2, 0) is 16.0 Å². The van der Waals surface area contributed by atoms with E-state index in [4.69, 9.17) is 4.74 Å². The van der Waals surface area contributed by atoms with E-state index in [1.54, 1.807) is 7.11 Å². The molecule has 31 heavy (non-hydrogen) atoms. The number of hydrogen-bond acceptors (Lipinski definition) is 4. The highest BCUT2D eigenvalue weighted by Crippen LogP contribution is 2.28. The molecule has 1 fully saturated rings. The number of hydrogen-bond donors (Lipinski definition) is 2. The van der Waals surface area contributed by atoms with Crippen molar-refractivity contribution in [2.75, 3.05) is 38.2 Å². The lowest BCUT2D eigenvalue weighted by Crippen LogP contribution is -2.55. The standard InChI is InChI=1S/C24H28N4O3/c1-17(29)26-21(15-18-16-25-20-8-4-3-7-19(18)20)24(30)28-13-11-27(12-14-28)22-9-5-6-10-23(22)31-2/h3-10,16,21,25H,11-15H2,1-2H3,(H,26,29). The number of H-pyrrole nitrogens is 1. The van der Waals surface area contributed by atoms with Crippen molar-refractivity contribution in [3.63, 3.8) is 0 Å². The van der Waals surface area contributed by atoms with E-state index in [1.807, 2.05) is 59.6 Å². The number of carbonyl (C=O) groups excluding carboxylic acids is 2. The van der Waals surface area contributed by atoms with E-state index in [-0.39, 0.29) is 11.8 Å². The molecule has 1 aliphatic rings. The van der Waals surface area contributed by atoms with E-state index < -0.39 is 6.04 Å². The van der Waals surface area contributed by atoms with Crippen molar-refractivity contribution in [3.05, 3.63) is 60.3 Å². The Morgan fingerprint density at radius 1 is 1.06 bits per heavy atom. The van der Waals surface area contributed by atoms with Gasteiger partial charge in [-0.25, -0.2) is 0 Å². The van der Waals surface area contributed by atoms with E-state index in [0.29, 0.717) is 32.6 Å². The molecule has 0 saturated carbocycles. The number of benzene rings is 2. The van der Waals surface area contributed by atoms with Gasteiger partial charge in [-0.15, -0.1) is 0 Å². The zero-order valence-electron chi connectivity index (χ0n) is 17.9. The second kappa shape index (κ2) is 9.12. The van der Waals surface area contributed by atoms with Crippen molar-refractivity contribution in [2.45, 2.75) is 19.4 Å². The predicted molar refractivity (Wildman–Crippen MR) is 121 cm³/mol. The molecule has 1 atom stereocenters. The van der Waals surface area contributed by atoms with Crippen LogP contribution >= 0.6 is 0 Å². The van der Waals surface area contributed by atoms with Gasteiger partial charge in [0.1, 0.15) is 11.8 Å². The number of amides is 2. The van der Waals surface area contributed by atoms with Gasteiger partial charge in [-0.1, -0.05) is 30.3 Å². The predicted octanol–water partition coefficient (Wildman–Crippen LogP) is 2.57. The largest absolute Gasteiger partial charge is 0.495 e. The summed E-state index contributed by atoms with van der Waals surface area (Å²) in [5.74, 6) is 0.587. The minimum absolute atomic E-state index is 0.0415. The molecule has 1 unspecified atom stereocenters. The quantitative estimate of drug-likeness (QED) is 0.643. The lowest BCUT2D eigenvalue weighted by Gasteiger charge is -2.38. The Morgan fingerprint density at radius 3 is 2.52 bits per heavy atom. The average molecular weight is 421 g/mol. The first kappa shape index (κ1) is 20.8. The van der Waals surface area contributed by atoms with E-state index in [0.717, 1.165) is 27.9 Å². The molecule has 0 spiro atoms. The molecule has 162 valence electrons. The normalized spacial score (nSPS) is 15.0. The van der Waals surface area contributed by atoms with Crippen molar-refractivity contribution in [2.24, 2.45) is 0 Å². The summed E-state index contributed by atoms with van der Waals surface area (Å²) < 4.78 is 5.48. The van der Waals surface area contributed by atoms with Crippen LogP contribution in [0.25, 0.3) is 10.9 Å². The Kier molecular flexibility index (Phi) is 6.11. The number of anilines is 1. The molecule has 2 amide bonds. The zero-order chi connectivity index (χ0) is 21.8. The number of aromatic amines is 1. The molecule has 1 aliphatic heterocycles. The fourth-order valence-electron chi connectivity index (χ4n) is 4.24. The average Bonchev–Trinajstić information content (AvgIpc) is 3.21. The first-order valence-electron chi connectivity index (χ1n) is 10.6. The minimum Gasteiger partial charge on any atom is -0.495 e. The summed E-state index contributed by atoms with van der Waals surface area (Å²) in [6, 6.07) is 15.3. The van der Waals surface area contributed by atoms with Gasteiger partial charge in [-0.3, -0.25) is 9.59 Å². The molecule has 2 heterocycles. The van der Waals surface area contributed by atoms with E-state index in [1.165, 1.54) is 6.92 Å².